The van der Waals surface area contributed by atoms with Crippen LogP contribution in [-0.2, 0) is 6.42 Å². The van der Waals surface area contributed by atoms with E-state index in [0.29, 0.717) is 12.1 Å². The number of nitro groups is 1. The average molecular weight is 179 g/mol. The fourth-order valence-electron chi connectivity index (χ4n) is 1.01. The number of nitrogens with zero attached hydrogens (tertiary/aromatic N) is 2. The third-order valence-corrected chi connectivity index (χ3v) is 1.55. The lowest BCUT2D eigenvalue weighted by atomic mass is 10.2. The first-order valence-corrected chi connectivity index (χ1v) is 3.65. The van der Waals surface area contributed by atoms with Gasteiger partial charge in [-0.25, -0.2) is 0 Å². The summed E-state index contributed by atoms with van der Waals surface area (Å²) in [5, 5.41) is 10.6. The summed E-state index contributed by atoms with van der Waals surface area (Å²) in [6, 6.07) is 1.41. The molecule has 1 aromatic heterocycles. The van der Waals surface area contributed by atoms with Crippen LogP contribution in [0.5, 0.6) is 0 Å². The van der Waals surface area contributed by atoms with Crippen molar-refractivity contribution in [2.75, 3.05) is 5.73 Å². The largest absolute Gasteiger partial charge is 0.393 e. The lowest BCUT2D eigenvalue weighted by Gasteiger charge is -2.00. The first-order valence-electron chi connectivity index (χ1n) is 3.65. The third kappa shape index (κ3) is 1.81. The molecular weight excluding hydrogens is 170 g/mol. The van der Waals surface area contributed by atoms with Crippen molar-refractivity contribution in [1.82, 2.24) is 4.98 Å². The molecule has 0 aliphatic heterocycles. The number of hydrogen-bond acceptors (Lipinski definition) is 4. The molecule has 0 atom stereocenters. The molecule has 0 amide bonds. The van der Waals surface area contributed by atoms with Gasteiger partial charge in [-0.05, 0) is 6.07 Å². The Hall–Kier alpha value is -1.91. The Labute approximate surface area is 75.0 Å². The molecule has 1 rings (SSSR count). The van der Waals surface area contributed by atoms with Crippen molar-refractivity contribution in [3.8, 4) is 0 Å². The molecule has 1 aromatic rings. The van der Waals surface area contributed by atoms with Crippen molar-refractivity contribution in [3.05, 3.63) is 40.7 Å². The highest BCUT2D eigenvalue weighted by Gasteiger charge is 2.17. The molecule has 0 aromatic carbocycles. The summed E-state index contributed by atoms with van der Waals surface area (Å²) in [5.74, 6) is 0. The van der Waals surface area contributed by atoms with E-state index in [9.17, 15) is 10.1 Å². The van der Waals surface area contributed by atoms with Crippen LogP contribution >= 0.6 is 0 Å². The molecule has 0 bridgehead atoms. The number of anilines is 1. The van der Waals surface area contributed by atoms with Gasteiger partial charge in [0.25, 0.3) is 0 Å². The van der Waals surface area contributed by atoms with E-state index in [4.69, 9.17) is 5.73 Å². The molecule has 0 fully saturated rings. The molecule has 2 N–H and O–H groups in total. The molecule has 0 saturated heterocycles. The van der Waals surface area contributed by atoms with Crippen molar-refractivity contribution in [1.29, 1.82) is 0 Å². The molecule has 0 saturated carbocycles. The number of pyridine rings is 1. The Bertz CT molecular complexity index is 349. The van der Waals surface area contributed by atoms with Crippen LogP contribution in [0.15, 0.2) is 24.9 Å². The van der Waals surface area contributed by atoms with Crippen LogP contribution in [0.3, 0.4) is 0 Å². The van der Waals surface area contributed by atoms with Crippen molar-refractivity contribution in [2.45, 2.75) is 6.42 Å². The van der Waals surface area contributed by atoms with Gasteiger partial charge in [0.15, 0.2) is 0 Å². The molecular formula is C8H9N3O2. The molecule has 0 unspecified atom stereocenters. The molecule has 5 nitrogen and oxygen atoms in total. The summed E-state index contributed by atoms with van der Waals surface area (Å²) in [6.45, 7) is 3.48. The van der Waals surface area contributed by atoms with Crippen LogP contribution in [0.25, 0.3) is 0 Å². The Morgan fingerprint density at radius 2 is 2.46 bits per heavy atom. The van der Waals surface area contributed by atoms with Crippen molar-refractivity contribution >= 4 is 11.4 Å². The summed E-state index contributed by atoms with van der Waals surface area (Å²) in [5.41, 5.74) is 5.80. The Kier molecular flexibility index (Phi) is 2.59. The second-order valence-electron chi connectivity index (χ2n) is 2.45. The minimum Gasteiger partial charge on any atom is -0.393 e. The van der Waals surface area contributed by atoms with E-state index in [1.807, 2.05) is 0 Å². The second kappa shape index (κ2) is 3.66. The van der Waals surface area contributed by atoms with E-state index in [1.54, 1.807) is 6.08 Å². The number of aromatic nitrogens is 1. The zero-order valence-electron chi connectivity index (χ0n) is 6.93. The van der Waals surface area contributed by atoms with Gasteiger partial charge in [0, 0.05) is 12.6 Å². The van der Waals surface area contributed by atoms with Crippen LogP contribution in [0.2, 0.25) is 0 Å². The first-order chi connectivity index (χ1) is 6.16. The van der Waals surface area contributed by atoms with Gasteiger partial charge >= 0.3 is 5.69 Å². The van der Waals surface area contributed by atoms with Gasteiger partial charge in [-0.3, -0.25) is 15.1 Å². The SMILES string of the molecule is C=CCc1nccc(N)c1[N+](=O)[O-]. The number of rotatable bonds is 3. The molecule has 13 heavy (non-hydrogen) atoms. The van der Waals surface area contributed by atoms with Gasteiger partial charge in [-0.1, -0.05) is 6.08 Å². The lowest BCUT2D eigenvalue weighted by molar-refractivity contribution is -0.384. The second-order valence-corrected chi connectivity index (χ2v) is 2.45. The number of hydrogen-bond donors (Lipinski definition) is 1. The molecule has 0 spiro atoms. The van der Waals surface area contributed by atoms with Crippen LogP contribution in [-0.4, -0.2) is 9.91 Å². The van der Waals surface area contributed by atoms with Gasteiger partial charge in [-0.15, -0.1) is 6.58 Å². The molecule has 1 heterocycles. The van der Waals surface area contributed by atoms with Gasteiger partial charge < -0.3 is 5.73 Å². The van der Waals surface area contributed by atoms with Crippen LogP contribution < -0.4 is 5.73 Å². The maximum Gasteiger partial charge on any atom is 0.313 e. The standard InChI is InChI=1S/C8H9N3O2/c1-2-3-7-8(11(12)13)6(9)4-5-10-7/h2,4-5H,1,3H2,(H2,9,10). The van der Waals surface area contributed by atoms with Crippen LogP contribution in [0.4, 0.5) is 11.4 Å². The summed E-state index contributed by atoms with van der Waals surface area (Å²) in [4.78, 5) is 13.9. The lowest BCUT2D eigenvalue weighted by Crippen LogP contribution is -2.01. The highest BCUT2D eigenvalue weighted by Crippen LogP contribution is 2.24. The zero-order chi connectivity index (χ0) is 9.84. The third-order valence-electron chi connectivity index (χ3n) is 1.55. The highest BCUT2D eigenvalue weighted by molar-refractivity contribution is 5.60. The minimum atomic E-state index is -0.527. The summed E-state index contributed by atoms with van der Waals surface area (Å²) < 4.78 is 0. The minimum absolute atomic E-state index is 0.123. The van der Waals surface area contributed by atoms with Gasteiger partial charge in [0.1, 0.15) is 11.4 Å². The average Bonchev–Trinajstić information content (AvgIpc) is 2.04. The number of nitrogens with two attached hydrogens (primary N) is 1. The number of allylic oxidation sites excluding steroid dienone is 1. The Morgan fingerprint density at radius 1 is 1.77 bits per heavy atom. The van der Waals surface area contributed by atoms with Crippen molar-refractivity contribution in [2.24, 2.45) is 0 Å². The maximum absolute atomic E-state index is 10.6. The smallest absolute Gasteiger partial charge is 0.313 e. The van der Waals surface area contributed by atoms with E-state index in [1.165, 1.54) is 12.3 Å². The monoisotopic (exact) mass is 179 g/mol. The summed E-state index contributed by atoms with van der Waals surface area (Å²) in [6.07, 6.45) is 3.34. The van der Waals surface area contributed by atoms with Gasteiger partial charge in [-0.2, -0.15) is 0 Å². The summed E-state index contributed by atoms with van der Waals surface area (Å²) in [7, 11) is 0. The Balaban J connectivity index is 3.25. The van der Waals surface area contributed by atoms with Crippen LogP contribution in [0, 0.1) is 10.1 Å². The predicted octanol–water partition coefficient (Wildman–Crippen LogP) is 1.30. The quantitative estimate of drug-likeness (QED) is 0.430. The maximum atomic E-state index is 10.6. The van der Waals surface area contributed by atoms with E-state index in [-0.39, 0.29) is 11.4 Å². The van der Waals surface area contributed by atoms with Crippen LogP contribution in [0.1, 0.15) is 5.69 Å². The van der Waals surface area contributed by atoms with E-state index < -0.39 is 4.92 Å². The molecule has 68 valence electrons. The predicted molar refractivity (Wildman–Crippen MR) is 49.2 cm³/mol. The molecule has 0 aliphatic carbocycles. The van der Waals surface area contributed by atoms with Crippen molar-refractivity contribution in [3.63, 3.8) is 0 Å². The first kappa shape index (κ1) is 9.18. The highest BCUT2D eigenvalue weighted by atomic mass is 16.6. The normalized spacial score (nSPS) is 9.54. The topological polar surface area (TPSA) is 82.0 Å². The van der Waals surface area contributed by atoms with Gasteiger partial charge in [0.05, 0.1) is 4.92 Å². The molecule has 0 aliphatic rings. The van der Waals surface area contributed by atoms with E-state index in [2.05, 4.69) is 11.6 Å². The number of nitrogen functional groups attached to an aromatic ring is 1. The fourth-order valence-corrected chi connectivity index (χ4v) is 1.01. The molecule has 0 radical (unpaired) electrons. The zero-order valence-corrected chi connectivity index (χ0v) is 6.93. The van der Waals surface area contributed by atoms with Crippen molar-refractivity contribution < 1.29 is 4.92 Å². The van der Waals surface area contributed by atoms with E-state index >= 15 is 0 Å². The summed E-state index contributed by atoms with van der Waals surface area (Å²) >= 11 is 0. The Morgan fingerprint density at radius 3 is 3.00 bits per heavy atom. The van der Waals surface area contributed by atoms with E-state index in [0.717, 1.165) is 0 Å². The van der Waals surface area contributed by atoms with Gasteiger partial charge in [0.2, 0.25) is 0 Å². The fraction of sp³-hybridized carbons (Fsp3) is 0.125. The molecule has 5 heteroatoms.